The molecule has 5 heteroatoms. The highest BCUT2D eigenvalue weighted by Gasteiger charge is 2.34. The molecule has 1 aliphatic heterocycles. The van der Waals surface area contributed by atoms with Gasteiger partial charge in [0.2, 0.25) is 0 Å². The molecule has 1 saturated heterocycles. The summed E-state index contributed by atoms with van der Waals surface area (Å²) in [5.41, 5.74) is -0.346. The van der Waals surface area contributed by atoms with Gasteiger partial charge in [-0.15, -0.1) is 0 Å². The molecule has 0 amide bonds. The second-order valence-corrected chi connectivity index (χ2v) is 5.52. The van der Waals surface area contributed by atoms with E-state index >= 15 is 0 Å². The van der Waals surface area contributed by atoms with Crippen molar-refractivity contribution in [1.29, 1.82) is 0 Å². The molecule has 20 heavy (non-hydrogen) atoms. The SMILES string of the molecule is CC1CCCCCN1Cc1ccc(O)c(C(F)(F)F)c1. The quantitative estimate of drug-likeness (QED) is 0.882. The molecule has 1 aliphatic rings. The average Bonchev–Trinajstić information content (AvgIpc) is 2.56. The fraction of sp³-hybridized carbons (Fsp3) is 0.600. The van der Waals surface area contributed by atoms with Crippen LogP contribution >= 0.6 is 0 Å². The van der Waals surface area contributed by atoms with Crippen molar-refractivity contribution >= 4 is 0 Å². The fourth-order valence-corrected chi connectivity index (χ4v) is 2.71. The van der Waals surface area contributed by atoms with Gasteiger partial charge in [0.15, 0.2) is 0 Å². The predicted molar refractivity (Wildman–Crippen MR) is 71.4 cm³/mol. The number of hydrogen-bond acceptors (Lipinski definition) is 2. The summed E-state index contributed by atoms with van der Waals surface area (Å²) in [6.45, 7) is 3.55. The Hall–Kier alpha value is -1.23. The lowest BCUT2D eigenvalue weighted by atomic mass is 10.1. The second-order valence-electron chi connectivity index (χ2n) is 5.52. The van der Waals surface area contributed by atoms with Gasteiger partial charge in [-0.1, -0.05) is 18.9 Å². The first-order valence-corrected chi connectivity index (χ1v) is 7.01. The zero-order valence-corrected chi connectivity index (χ0v) is 11.6. The summed E-state index contributed by atoms with van der Waals surface area (Å²) in [5.74, 6) is -0.704. The summed E-state index contributed by atoms with van der Waals surface area (Å²) in [7, 11) is 0. The van der Waals surface area contributed by atoms with Crippen molar-refractivity contribution in [2.45, 2.75) is 51.4 Å². The molecule has 112 valence electrons. The van der Waals surface area contributed by atoms with Crippen LogP contribution in [0.1, 0.15) is 43.7 Å². The Morgan fingerprint density at radius 2 is 2.00 bits per heavy atom. The van der Waals surface area contributed by atoms with E-state index in [0.29, 0.717) is 18.2 Å². The average molecular weight is 287 g/mol. The van der Waals surface area contributed by atoms with Gasteiger partial charge in [-0.05, 0) is 44.0 Å². The molecule has 2 rings (SSSR count). The highest BCUT2D eigenvalue weighted by Crippen LogP contribution is 2.36. The van der Waals surface area contributed by atoms with Crippen LogP contribution in [-0.4, -0.2) is 22.6 Å². The van der Waals surface area contributed by atoms with Gasteiger partial charge in [-0.2, -0.15) is 13.2 Å². The first-order chi connectivity index (χ1) is 9.38. The van der Waals surface area contributed by atoms with E-state index in [2.05, 4.69) is 11.8 Å². The number of benzene rings is 1. The summed E-state index contributed by atoms with van der Waals surface area (Å²) < 4.78 is 38.3. The van der Waals surface area contributed by atoms with Crippen molar-refractivity contribution in [2.24, 2.45) is 0 Å². The molecule has 1 unspecified atom stereocenters. The largest absolute Gasteiger partial charge is 0.507 e. The van der Waals surface area contributed by atoms with Crippen molar-refractivity contribution < 1.29 is 18.3 Å². The van der Waals surface area contributed by atoms with Gasteiger partial charge in [0.1, 0.15) is 5.75 Å². The maximum Gasteiger partial charge on any atom is 0.419 e. The molecule has 1 heterocycles. The minimum absolute atomic E-state index is 0.389. The third-order valence-electron chi connectivity index (χ3n) is 3.94. The van der Waals surface area contributed by atoms with Crippen LogP contribution in [0.5, 0.6) is 5.75 Å². The Balaban J connectivity index is 2.17. The number of aromatic hydroxyl groups is 1. The molecule has 0 radical (unpaired) electrons. The highest BCUT2D eigenvalue weighted by atomic mass is 19.4. The molecule has 0 aliphatic carbocycles. The van der Waals surface area contributed by atoms with Gasteiger partial charge in [-0.3, -0.25) is 4.90 Å². The third kappa shape index (κ3) is 3.66. The molecule has 2 nitrogen and oxygen atoms in total. The number of phenols is 1. The van der Waals surface area contributed by atoms with Crippen molar-refractivity contribution in [1.82, 2.24) is 4.90 Å². The second kappa shape index (κ2) is 6.04. The topological polar surface area (TPSA) is 23.5 Å². The maximum absolute atomic E-state index is 12.8. The van der Waals surface area contributed by atoms with Crippen molar-refractivity contribution in [3.63, 3.8) is 0 Å². The molecule has 0 saturated carbocycles. The van der Waals surface area contributed by atoms with Crippen molar-refractivity contribution in [3.8, 4) is 5.75 Å². The van der Waals surface area contributed by atoms with Crippen LogP contribution in [0.15, 0.2) is 18.2 Å². The van der Waals surface area contributed by atoms with E-state index in [9.17, 15) is 18.3 Å². The van der Waals surface area contributed by atoms with Crippen LogP contribution in [0.25, 0.3) is 0 Å². The van der Waals surface area contributed by atoms with Crippen molar-refractivity contribution in [2.75, 3.05) is 6.54 Å². The molecule has 1 fully saturated rings. The number of phenolic OH excluding ortho intramolecular Hbond substituents is 1. The van der Waals surface area contributed by atoms with Crippen LogP contribution in [0, 0.1) is 0 Å². The number of alkyl halides is 3. The Kier molecular flexibility index (Phi) is 4.58. The third-order valence-corrected chi connectivity index (χ3v) is 3.94. The number of nitrogens with zero attached hydrogens (tertiary/aromatic N) is 1. The summed E-state index contributed by atoms with van der Waals surface area (Å²) >= 11 is 0. The molecular weight excluding hydrogens is 267 g/mol. The minimum Gasteiger partial charge on any atom is -0.507 e. The maximum atomic E-state index is 12.8. The number of rotatable bonds is 2. The van der Waals surface area contributed by atoms with E-state index in [-0.39, 0.29) is 0 Å². The van der Waals surface area contributed by atoms with E-state index < -0.39 is 17.5 Å². The predicted octanol–water partition coefficient (Wildman–Crippen LogP) is 4.18. The van der Waals surface area contributed by atoms with Gasteiger partial charge in [0.25, 0.3) is 0 Å². The minimum atomic E-state index is -4.51. The van der Waals surface area contributed by atoms with Gasteiger partial charge in [-0.25, -0.2) is 0 Å². The van der Waals surface area contributed by atoms with E-state index in [1.807, 2.05) is 0 Å². The molecule has 1 aromatic carbocycles. The smallest absolute Gasteiger partial charge is 0.419 e. The summed E-state index contributed by atoms with van der Waals surface area (Å²) in [5, 5.41) is 9.34. The Morgan fingerprint density at radius 1 is 1.25 bits per heavy atom. The summed E-state index contributed by atoms with van der Waals surface area (Å²) in [4.78, 5) is 2.22. The van der Waals surface area contributed by atoms with Gasteiger partial charge in [0, 0.05) is 12.6 Å². The summed E-state index contributed by atoms with van der Waals surface area (Å²) in [6.07, 6.45) is 0.0362. The normalized spacial score (nSPS) is 21.7. The van der Waals surface area contributed by atoms with Gasteiger partial charge in [0.05, 0.1) is 5.56 Å². The fourth-order valence-electron chi connectivity index (χ4n) is 2.71. The van der Waals surface area contributed by atoms with E-state index in [4.69, 9.17) is 0 Å². The van der Waals surface area contributed by atoms with E-state index in [1.165, 1.54) is 12.8 Å². The highest BCUT2D eigenvalue weighted by molar-refractivity contribution is 5.38. The van der Waals surface area contributed by atoms with Crippen LogP contribution in [-0.2, 0) is 12.7 Å². The monoisotopic (exact) mass is 287 g/mol. The number of likely N-dealkylation sites (tertiary alicyclic amines) is 1. The molecule has 1 atom stereocenters. The number of hydrogen-bond donors (Lipinski definition) is 1. The standard InChI is InChI=1S/C15H20F3NO/c1-11-5-3-2-4-8-19(11)10-12-6-7-14(20)13(9-12)15(16,17)18/h6-7,9,11,20H,2-5,8,10H2,1H3. The van der Waals surface area contributed by atoms with E-state index in [0.717, 1.165) is 31.5 Å². The molecule has 0 bridgehead atoms. The molecule has 0 spiro atoms. The van der Waals surface area contributed by atoms with E-state index in [1.54, 1.807) is 6.07 Å². The zero-order valence-electron chi connectivity index (χ0n) is 11.6. The van der Waals surface area contributed by atoms with Crippen LogP contribution in [0.2, 0.25) is 0 Å². The summed E-state index contributed by atoms with van der Waals surface area (Å²) in [6, 6.07) is 4.16. The Morgan fingerprint density at radius 3 is 2.70 bits per heavy atom. The van der Waals surface area contributed by atoms with Gasteiger partial charge >= 0.3 is 6.18 Å². The Bertz CT molecular complexity index is 459. The molecular formula is C15H20F3NO. The lowest BCUT2D eigenvalue weighted by molar-refractivity contribution is -0.138. The molecule has 1 aromatic rings. The van der Waals surface area contributed by atoms with Gasteiger partial charge < -0.3 is 5.11 Å². The molecule has 0 aromatic heterocycles. The lowest BCUT2D eigenvalue weighted by Crippen LogP contribution is -2.32. The van der Waals surface area contributed by atoms with Crippen LogP contribution < -0.4 is 0 Å². The molecule has 1 N–H and O–H groups in total. The van der Waals surface area contributed by atoms with Crippen molar-refractivity contribution in [3.05, 3.63) is 29.3 Å². The van der Waals surface area contributed by atoms with Crippen LogP contribution in [0.4, 0.5) is 13.2 Å². The lowest BCUT2D eigenvalue weighted by Gasteiger charge is -2.27. The number of halogens is 3. The first kappa shape index (κ1) is 15.2. The first-order valence-electron chi connectivity index (χ1n) is 7.01. The zero-order chi connectivity index (χ0) is 14.8. The Labute approximate surface area is 117 Å². The van der Waals surface area contributed by atoms with Crippen LogP contribution in [0.3, 0.4) is 0 Å².